The molecule has 21 heavy (non-hydrogen) atoms. The SMILES string of the molecule is CCNC(Cc1ccc(Cl)c(Cl)c1)c1cc(F)cc(F)c1. The molecule has 0 bridgehead atoms. The van der Waals surface area contributed by atoms with Gasteiger partial charge in [-0.2, -0.15) is 0 Å². The third-order valence-electron chi connectivity index (χ3n) is 3.16. The first-order valence-electron chi connectivity index (χ1n) is 6.63. The Labute approximate surface area is 132 Å². The summed E-state index contributed by atoms with van der Waals surface area (Å²) in [6, 6.07) is 8.69. The first kappa shape index (κ1) is 16.2. The summed E-state index contributed by atoms with van der Waals surface area (Å²) in [6.07, 6.45) is 0.563. The van der Waals surface area contributed by atoms with Crippen molar-refractivity contribution in [1.29, 1.82) is 0 Å². The van der Waals surface area contributed by atoms with Gasteiger partial charge in [0.2, 0.25) is 0 Å². The van der Waals surface area contributed by atoms with Gasteiger partial charge in [-0.1, -0.05) is 36.2 Å². The number of hydrogen-bond acceptors (Lipinski definition) is 1. The van der Waals surface area contributed by atoms with E-state index in [0.717, 1.165) is 11.6 Å². The second-order valence-corrected chi connectivity index (χ2v) is 5.58. The Hall–Kier alpha value is -1.16. The van der Waals surface area contributed by atoms with Crippen molar-refractivity contribution >= 4 is 23.2 Å². The number of likely N-dealkylation sites (N-methyl/N-ethyl adjacent to an activating group) is 1. The van der Waals surface area contributed by atoms with Crippen LogP contribution in [0.2, 0.25) is 10.0 Å². The maximum Gasteiger partial charge on any atom is 0.126 e. The molecule has 112 valence electrons. The standard InChI is InChI=1S/C16H15Cl2F2N/c1-2-21-16(11-7-12(19)9-13(20)8-11)6-10-3-4-14(17)15(18)5-10/h3-5,7-9,16,21H,2,6H2,1H3. The van der Waals surface area contributed by atoms with Crippen LogP contribution in [0.3, 0.4) is 0 Å². The molecule has 2 aromatic rings. The van der Waals surface area contributed by atoms with Crippen molar-refractivity contribution < 1.29 is 8.78 Å². The minimum absolute atomic E-state index is 0.197. The van der Waals surface area contributed by atoms with Crippen molar-refractivity contribution in [1.82, 2.24) is 5.32 Å². The van der Waals surface area contributed by atoms with E-state index in [2.05, 4.69) is 5.32 Å². The van der Waals surface area contributed by atoms with E-state index in [4.69, 9.17) is 23.2 Å². The summed E-state index contributed by atoms with van der Waals surface area (Å²) in [6.45, 7) is 2.63. The van der Waals surface area contributed by atoms with E-state index in [0.29, 0.717) is 28.6 Å². The van der Waals surface area contributed by atoms with E-state index in [9.17, 15) is 8.78 Å². The average molecular weight is 330 g/mol. The quantitative estimate of drug-likeness (QED) is 0.798. The monoisotopic (exact) mass is 329 g/mol. The summed E-state index contributed by atoms with van der Waals surface area (Å²) < 4.78 is 26.8. The van der Waals surface area contributed by atoms with Gasteiger partial charge >= 0.3 is 0 Å². The van der Waals surface area contributed by atoms with Gasteiger partial charge in [0.1, 0.15) is 11.6 Å². The normalized spacial score (nSPS) is 12.4. The van der Waals surface area contributed by atoms with Crippen molar-refractivity contribution in [2.75, 3.05) is 6.54 Å². The molecule has 0 aliphatic rings. The molecule has 2 rings (SSSR count). The van der Waals surface area contributed by atoms with Crippen molar-refractivity contribution in [3.05, 3.63) is 69.2 Å². The van der Waals surface area contributed by atoms with E-state index in [1.807, 2.05) is 13.0 Å². The molecule has 0 aromatic heterocycles. The lowest BCUT2D eigenvalue weighted by Gasteiger charge is -2.19. The summed E-state index contributed by atoms with van der Waals surface area (Å²) in [7, 11) is 0. The van der Waals surface area contributed by atoms with Gasteiger partial charge in [0.15, 0.2) is 0 Å². The highest BCUT2D eigenvalue weighted by Crippen LogP contribution is 2.26. The highest BCUT2D eigenvalue weighted by molar-refractivity contribution is 6.42. The molecule has 0 fully saturated rings. The Morgan fingerprint density at radius 3 is 2.24 bits per heavy atom. The van der Waals surface area contributed by atoms with Gasteiger partial charge in [-0.25, -0.2) is 8.78 Å². The van der Waals surface area contributed by atoms with Gasteiger partial charge in [-0.15, -0.1) is 0 Å². The van der Waals surface area contributed by atoms with Crippen LogP contribution in [0.5, 0.6) is 0 Å². The highest BCUT2D eigenvalue weighted by Gasteiger charge is 2.14. The fraction of sp³-hybridized carbons (Fsp3) is 0.250. The Morgan fingerprint density at radius 2 is 1.67 bits per heavy atom. The van der Waals surface area contributed by atoms with Crippen molar-refractivity contribution in [2.45, 2.75) is 19.4 Å². The zero-order chi connectivity index (χ0) is 15.4. The van der Waals surface area contributed by atoms with Crippen LogP contribution in [-0.4, -0.2) is 6.54 Å². The molecule has 0 amide bonds. The van der Waals surface area contributed by atoms with Crippen LogP contribution in [0.4, 0.5) is 8.78 Å². The third-order valence-corrected chi connectivity index (χ3v) is 3.90. The zero-order valence-electron chi connectivity index (χ0n) is 11.5. The van der Waals surface area contributed by atoms with E-state index >= 15 is 0 Å². The van der Waals surface area contributed by atoms with Gasteiger partial charge in [0, 0.05) is 12.1 Å². The molecule has 1 atom stereocenters. The van der Waals surface area contributed by atoms with Crippen LogP contribution >= 0.6 is 23.2 Å². The minimum atomic E-state index is -0.581. The maximum absolute atomic E-state index is 13.4. The maximum atomic E-state index is 13.4. The highest BCUT2D eigenvalue weighted by atomic mass is 35.5. The molecule has 1 unspecified atom stereocenters. The molecule has 1 nitrogen and oxygen atoms in total. The molecule has 0 radical (unpaired) electrons. The fourth-order valence-corrected chi connectivity index (χ4v) is 2.55. The molecule has 2 aromatic carbocycles. The predicted octanol–water partition coefficient (Wildman–Crippen LogP) is 5.16. The summed E-state index contributed by atoms with van der Waals surface area (Å²) in [4.78, 5) is 0. The number of hydrogen-bond donors (Lipinski definition) is 1. The molecule has 1 N–H and O–H groups in total. The fourth-order valence-electron chi connectivity index (χ4n) is 2.23. The Morgan fingerprint density at radius 1 is 1.00 bits per heavy atom. The van der Waals surface area contributed by atoms with Crippen LogP contribution in [-0.2, 0) is 6.42 Å². The van der Waals surface area contributed by atoms with Crippen molar-refractivity contribution in [2.24, 2.45) is 0 Å². The molecule has 0 saturated heterocycles. The largest absolute Gasteiger partial charge is 0.310 e. The summed E-state index contributed by atoms with van der Waals surface area (Å²) in [5.74, 6) is -1.16. The summed E-state index contributed by atoms with van der Waals surface area (Å²) >= 11 is 11.9. The molecule has 5 heteroatoms. The van der Waals surface area contributed by atoms with Crippen molar-refractivity contribution in [3.8, 4) is 0 Å². The molecule has 0 aliphatic carbocycles. The topological polar surface area (TPSA) is 12.0 Å². The van der Waals surface area contributed by atoms with E-state index < -0.39 is 11.6 Å². The number of halogens is 4. The second-order valence-electron chi connectivity index (χ2n) is 4.77. The Balaban J connectivity index is 2.27. The first-order chi connectivity index (χ1) is 9.99. The molecule has 0 spiro atoms. The predicted molar refractivity (Wildman–Crippen MR) is 82.9 cm³/mol. The summed E-state index contributed by atoms with van der Waals surface area (Å²) in [5.41, 5.74) is 1.51. The van der Waals surface area contributed by atoms with Crippen molar-refractivity contribution in [3.63, 3.8) is 0 Å². The van der Waals surface area contributed by atoms with Gasteiger partial charge in [-0.05, 0) is 48.4 Å². The molecular weight excluding hydrogens is 315 g/mol. The lowest BCUT2D eigenvalue weighted by atomic mass is 9.98. The second kappa shape index (κ2) is 7.21. The first-order valence-corrected chi connectivity index (χ1v) is 7.38. The third kappa shape index (κ3) is 4.40. The van der Waals surface area contributed by atoms with Crippen LogP contribution in [0.25, 0.3) is 0 Å². The Kier molecular flexibility index (Phi) is 5.57. The number of rotatable bonds is 5. The minimum Gasteiger partial charge on any atom is -0.310 e. The number of nitrogens with one attached hydrogen (secondary N) is 1. The van der Waals surface area contributed by atoms with Crippen LogP contribution in [0, 0.1) is 11.6 Å². The molecule has 0 aliphatic heterocycles. The van der Waals surface area contributed by atoms with Crippen LogP contribution in [0.15, 0.2) is 36.4 Å². The van der Waals surface area contributed by atoms with Gasteiger partial charge in [0.05, 0.1) is 10.0 Å². The van der Waals surface area contributed by atoms with Crippen LogP contribution in [0.1, 0.15) is 24.1 Å². The molecule has 0 saturated carbocycles. The van der Waals surface area contributed by atoms with Gasteiger partial charge < -0.3 is 5.32 Å². The smallest absolute Gasteiger partial charge is 0.126 e. The van der Waals surface area contributed by atoms with Crippen LogP contribution < -0.4 is 5.32 Å². The van der Waals surface area contributed by atoms with E-state index in [1.54, 1.807) is 12.1 Å². The lowest BCUT2D eigenvalue weighted by Crippen LogP contribution is -2.23. The van der Waals surface area contributed by atoms with E-state index in [-0.39, 0.29) is 6.04 Å². The summed E-state index contributed by atoms with van der Waals surface area (Å²) in [5, 5.41) is 4.18. The average Bonchev–Trinajstić information content (AvgIpc) is 2.41. The van der Waals surface area contributed by atoms with E-state index in [1.165, 1.54) is 12.1 Å². The van der Waals surface area contributed by atoms with Gasteiger partial charge in [-0.3, -0.25) is 0 Å². The lowest BCUT2D eigenvalue weighted by molar-refractivity contribution is 0.529. The van der Waals surface area contributed by atoms with Gasteiger partial charge in [0.25, 0.3) is 0 Å². The zero-order valence-corrected chi connectivity index (χ0v) is 13.0. The molecule has 0 heterocycles. The number of benzene rings is 2. The Bertz CT molecular complexity index is 611. The molecular formula is C16H15Cl2F2N.